The molecule has 3 aromatic rings. The number of anilines is 1. The number of sulfonamides is 1. The number of ether oxygens (including phenoxy) is 1. The second-order valence-electron chi connectivity index (χ2n) is 7.62. The molecular weight excluding hydrogens is 423 g/mol. The molecule has 9 nitrogen and oxygen atoms in total. The molecule has 31 heavy (non-hydrogen) atoms. The Morgan fingerprint density at radius 1 is 1.16 bits per heavy atom. The van der Waals surface area contributed by atoms with E-state index in [2.05, 4.69) is 20.2 Å². The van der Waals surface area contributed by atoms with Crippen LogP contribution < -0.4 is 9.64 Å². The van der Waals surface area contributed by atoms with Crippen molar-refractivity contribution in [3.8, 4) is 17.1 Å². The van der Waals surface area contributed by atoms with E-state index in [4.69, 9.17) is 4.74 Å². The lowest BCUT2D eigenvalue weighted by atomic mass is 10.1. The van der Waals surface area contributed by atoms with Crippen LogP contribution in [-0.4, -0.2) is 70.9 Å². The molecule has 3 heterocycles. The Kier molecular flexibility index (Phi) is 5.80. The summed E-state index contributed by atoms with van der Waals surface area (Å²) in [5, 5.41) is 7.86. The van der Waals surface area contributed by atoms with Gasteiger partial charge in [0, 0.05) is 43.7 Å². The van der Waals surface area contributed by atoms with Gasteiger partial charge < -0.3 is 9.64 Å². The van der Waals surface area contributed by atoms with E-state index in [9.17, 15) is 12.8 Å². The molecule has 1 fully saturated rings. The van der Waals surface area contributed by atoms with E-state index in [1.165, 1.54) is 16.7 Å². The molecule has 2 aromatic heterocycles. The third kappa shape index (κ3) is 4.33. The van der Waals surface area contributed by atoms with Crippen molar-refractivity contribution in [3.05, 3.63) is 30.3 Å². The van der Waals surface area contributed by atoms with Crippen LogP contribution in [0, 0.1) is 5.82 Å². The first-order valence-electron chi connectivity index (χ1n) is 10.2. The molecule has 0 unspecified atom stereocenters. The highest BCUT2D eigenvalue weighted by molar-refractivity contribution is 7.89. The number of fused-ring (bicyclic) bond motifs is 1. The van der Waals surface area contributed by atoms with Gasteiger partial charge in [0.1, 0.15) is 17.8 Å². The van der Waals surface area contributed by atoms with E-state index >= 15 is 0 Å². The SMILES string of the molecule is CCS(=O)(=O)N1CCN(c2cc(-c3n[nH]c4cc(F)c(OC(C)C)cc34)ncn2)CC1. The van der Waals surface area contributed by atoms with Crippen LogP contribution in [0.25, 0.3) is 22.3 Å². The maximum Gasteiger partial charge on any atom is 0.213 e. The Morgan fingerprint density at radius 3 is 2.58 bits per heavy atom. The molecule has 0 bridgehead atoms. The molecule has 1 aliphatic rings. The normalized spacial score (nSPS) is 15.7. The third-order valence-corrected chi connectivity index (χ3v) is 7.08. The van der Waals surface area contributed by atoms with E-state index < -0.39 is 15.8 Å². The number of aromatic nitrogens is 4. The van der Waals surface area contributed by atoms with E-state index in [0.29, 0.717) is 54.3 Å². The lowest BCUT2D eigenvalue weighted by Crippen LogP contribution is -2.49. The Bertz CT molecular complexity index is 1190. The van der Waals surface area contributed by atoms with Crippen molar-refractivity contribution in [1.82, 2.24) is 24.5 Å². The first-order valence-corrected chi connectivity index (χ1v) is 11.8. The highest BCUT2D eigenvalue weighted by Crippen LogP contribution is 2.31. The summed E-state index contributed by atoms with van der Waals surface area (Å²) in [6.07, 6.45) is 1.29. The number of piperazine rings is 1. The summed E-state index contributed by atoms with van der Waals surface area (Å²) >= 11 is 0. The molecule has 0 spiro atoms. The van der Waals surface area contributed by atoms with Crippen LogP contribution in [0.3, 0.4) is 0 Å². The Labute approximate surface area is 180 Å². The van der Waals surface area contributed by atoms with Gasteiger partial charge in [-0.05, 0) is 26.8 Å². The van der Waals surface area contributed by atoms with Crippen LogP contribution in [0.4, 0.5) is 10.2 Å². The van der Waals surface area contributed by atoms with E-state index in [-0.39, 0.29) is 17.6 Å². The van der Waals surface area contributed by atoms with Crippen LogP contribution in [-0.2, 0) is 10.0 Å². The van der Waals surface area contributed by atoms with Gasteiger partial charge >= 0.3 is 0 Å². The second kappa shape index (κ2) is 8.39. The summed E-state index contributed by atoms with van der Waals surface area (Å²) < 4.78 is 45.5. The maximum absolute atomic E-state index is 14.3. The minimum atomic E-state index is -3.19. The van der Waals surface area contributed by atoms with Crippen LogP contribution >= 0.6 is 0 Å². The minimum Gasteiger partial charge on any atom is -0.488 e. The molecule has 11 heteroatoms. The summed E-state index contributed by atoms with van der Waals surface area (Å²) in [4.78, 5) is 10.7. The van der Waals surface area contributed by atoms with Gasteiger partial charge in [-0.3, -0.25) is 5.10 Å². The zero-order valence-corrected chi connectivity index (χ0v) is 18.5. The van der Waals surface area contributed by atoms with Gasteiger partial charge in [0.2, 0.25) is 10.0 Å². The Hall–Kier alpha value is -2.79. The lowest BCUT2D eigenvalue weighted by molar-refractivity contribution is 0.231. The Morgan fingerprint density at radius 2 is 1.90 bits per heavy atom. The van der Waals surface area contributed by atoms with Crippen molar-refractivity contribution >= 4 is 26.7 Å². The lowest BCUT2D eigenvalue weighted by Gasteiger charge is -2.34. The van der Waals surface area contributed by atoms with Crippen molar-refractivity contribution in [1.29, 1.82) is 0 Å². The molecule has 1 aliphatic heterocycles. The second-order valence-corrected chi connectivity index (χ2v) is 9.87. The number of hydrogen-bond acceptors (Lipinski definition) is 7. The first kappa shape index (κ1) is 21.4. The van der Waals surface area contributed by atoms with E-state index in [1.807, 2.05) is 24.8 Å². The van der Waals surface area contributed by atoms with Crippen molar-refractivity contribution in [2.45, 2.75) is 26.9 Å². The fraction of sp³-hybridized carbons (Fsp3) is 0.450. The van der Waals surface area contributed by atoms with Crippen molar-refractivity contribution < 1.29 is 17.5 Å². The van der Waals surface area contributed by atoms with E-state index in [0.717, 1.165) is 0 Å². The highest BCUT2D eigenvalue weighted by Gasteiger charge is 2.26. The summed E-state index contributed by atoms with van der Waals surface area (Å²) in [6, 6.07) is 4.80. The minimum absolute atomic E-state index is 0.0972. The molecule has 1 aromatic carbocycles. The monoisotopic (exact) mass is 448 g/mol. The predicted octanol–water partition coefficient (Wildman–Crippen LogP) is 2.42. The van der Waals surface area contributed by atoms with Gasteiger partial charge in [-0.25, -0.2) is 22.8 Å². The summed E-state index contributed by atoms with van der Waals surface area (Å²) in [6.45, 7) is 7.22. The van der Waals surface area contributed by atoms with Gasteiger partial charge in [-0.2, -0.15) is 9.40 Å². The molecule has 0 radical (unpaired) electrons. The predicted molar refractivity (Wildman–Crippen MR) is 116 cm³/mol. The highest BCUT2D eigenvalue weighted by atomic mass is 32.2. The van der Waals surface area contributed by atoms with Gasteiger partial charge in [0.05, 0.1) is 23.1 Å². The number of nitrogens with zero attached hydrogens (tertiary/aromatic N) is 5. The number of halogens is 1. The average molecular weight is 449 g/mol. The van der Waals surface area contributed by atoms with Crippen molar-refractivity contribution in [3.63, 3.8) is 0 Å². The summed E-state index contributed by atoms with van der Waals surface area (Å²) in [7, 11) is -3.19. The zero-order chi connectivity index (χ0) is 22.2. The molecule has 0 aliphatic carbocycles. The van der Waals surface area contributed by atoms with Crippen molar-refractivity contribution in [2.24, 2.45) is 0 Å². The average Bonchev–Trinajstić information content (AvgIpc) is 3.16. The molecular formula is C20H25FN6O3S. The molecule has 1 saturated heterocycles. The zero-order valence-electron chi connectivity index (χ0n) is 17.7. The summed E-state index contributed by atoms with van der Waals surface area (Å²) in [5.74, 6) is 0.489. The number of H-pyrrole nitrogens is 1. The molecule has 0 saturated carbocycles. The standard InChI is InChI=1S/C20H25FN6O3S/c1-4-31(28,29)27-7-5-26(6-8-27)19-11-17(22-12-23-19)20-14-9-18(30-13(2)3)15(21)10-16(14)24-25-20/h9-13H,4-8H2,1-3H3,(H,24,25). The topological polar surface area (TPSA) is 104 Å². The molecule has 0 amide bonds. The van der Waals surface area contributed by atoms with Crippen LogP contribution in [0.15, 0.2) is 24.5 Å². The van der Waals surface area contributed by atoms with E-state index in [1.54, 1.807) is 13.0 Å². The number of hydrogen-bond donors (Lipinski definition) is 1. The van der Waals surface area contributed by atoms with Crippen LogP contribution in [0.1, 0.15) is 20.8 Å². The number of aromatic amines is 1. The third-order valence-electron chi connectivity index (χ3n) is 5.19. The Balaban J connectivity index is 1.61. The van der Waals surface area contributed by atoms with Gasteiger partial charge in [0.25, 0.3) is 0 Å². The van der Waals surface area contributed by atoms with Crippen LogP contribution in [0.2, 0.25) is 0 Å². The molecule has 166 valence electrons. The van der Waals surface area contributed by atoms with Crippen molar-refractivity contribution in [2.75, 3.05) is 36.8 Å². The smallest absolute Gasteiger partial charge is 0.213 e. The number of rotatable bonds is 6. The molecule has 4 rings (SSSR count). The van der Waals surface area contributed by atoms with Gasteiger partial charge in [-0.15, -0.1) is 0 Å². The van der Waals surface area contributed by atoms with Crippen LogP contribution in [0.5, 0.6) is 5.75 Å². The number of nitrogens with one attached hydrogen (secondary N) is 1. The fourth-order valence-corrected chi connectivity index (χ4v) is 4.67. The maximum atomic E-state index is 14.3. The van der Waals surface area contributed by atoms with Gasteiger partial charge in [-0.1, -0.05) is 0 Å². The van der Waals surface area contributed by atoms with Gasteiger partial charge in [0.15, 0.2) is 11.6 Å². The number of benzene rings is 1. The largest absolute Gasteiger partial charge is 0.488 e. The molecule has 1 N–H and O–H groups in total. The fourth-order valence-electron chi connectivity index (χ4n) is 3.59. The first-order chi connectivity index (χ1) is 14.8. The quantitative estimate of drug-likeness (QED) is 0.617. The molecule has 0 atom stereocenters. The summed E-state index contributed by atoms with van der Waals surface area (Å²) in [5.41, 5.74) is 1.70.